The summed E-state index contributed by atoms with van der Waals surface area (Å²) >= 11 is 1.97. The molecule has 0 fully saturated rings. The molecule has 0 spiro atoms. The molecule has 41 heavy (non-hydrogen) atoms. The van der Waals surface area contributed by atoms with Crippen LogP contribution in [0.3, 0.4) is 0 Å². The Bertz CT molecular complexity index is 1640. The van der Waals surface area contributed by atoms with E-state index in [1.54, 1.807) is 0 Å². The Morgan fingerprint density at radius 3 is 2.00 bits per heavy atom. The van der Waals surface area contributed by atoms with E-state index >= 15 is 0 Å². The topological polar surface area (TPSA) is 59.4 Å². The van der Waals surface area contributed by atoms with Gasteiger partial charge in [0.25, 0.3) is 0 Å². The molecule has 0 saturated heterocycles. The zero-order valence-corrected chi connectivity index (χ0v) is 26.2. The molecule has 5 rings (SSSR count). The van der Waals surface area contributed by atoms with E-state index in [2.05, 4.69) is 99.6 Å². The molecule has 1 aromatic heterocycles. The number of rotatable bonds is 10. The molecule has 4 aromatic carbocycles. The number of carboxylic acid groups (broad SMARTS) is 1. The molecule has 208 valence electrons. The summed E-state index contributed by atoms with van der Waals surface area (Å²) in [4.78, 5) is 17.1. The van der Waals surface area contributed by atoms with Gasteiger partial charge in [0, 0.05) is 0 Å². The fourth-order valence-corrected chi connectivity index (χ4v) is 8.70. The molecule has 6 heteroatoms. The average Bonchev–Trinajstić information content (AvgIpc) is 3.35. The van der Waals surface area contributed by atoms with Gasteiger partial charge in [0.15, 0.2) is 0 Å². The van der Waals surface area contributed by atoms with Crippen LogP contribution < -0.4 is 4.74 Å². The Morgan fingerprint density at radius 1 is 0.829 bits per heavy atom. The summed E-state index contributed by atoms with van der Waals surface area (Å²) in [5.74, 6) is -0.378. The van der Waals surface area contributed by atoms with Crippen molar-refractivity contribution in [3.05, 3.63) is 123 Å². The van der Waals surface area contributed by atoms with Crippen molar-refractivity contribution in [3.8, 4) is 27.0 Å². The van der Waals surface area contributed by atoms with Gasteiger partial charge in [-0.2, -0.15) is 0 Å². The molecule has 0 amide bonds. The van der Waals surface area contributed by atoms with Crippen molar-refractivity contribution < 1.29 is 14.6 Å². The van der Waals surface area contributed by atoms with Crippen molar-refractivity contribution in [2.24, 2.45) is 0 Å². The van der Waals surface area contributed by atoms with Crippen LogP contribution in [0.5, 0.6) is 5.75 Å². The van der Waals surface area contributed by atoms with E-state index in [9.17, 15) is 4.79 Å². The summed E-state index contributed by atoms with van der Waals surface area (Å²) < 4.78 is 8.05. The third-order valence-electron chi connectivity index (χ3n) is 6.96. The van der Waals surface area contributed by atoms with Gasteiger partial charge in [-0.25, -0.2) is 0 Å². The van der Waals surface area contributed by atoms with E-state index in [1.807, 2.05) is 30.8 Å². The molecule has 1 heterocycles. The third-order valence-corrected chi connectivity index (χ3v) is 11.3. The van der Waals surface area contributed by atoms with Crippen LogP contribution >= 0.6 is 11.8 Å². The van der Waals surface area contributed by atoms with Gasteiger partial charge < -0.3 is 0 Å². The summed E-state index contributed by atoms with van der Waals surface area (Å²) in [6, 6.07) is 32.2. The van der Waals surface area contributed by atoms with Gasteiger partial charge in [-0.05, 0) is 0 Å². The normalized spacial score (nSPS) is 11.8. The zero-order valence-electron chi connectivity index (χ0n) is 23.7. The van der Waals surface area contributed by atoms with Crippen molar-refractivity contribution >= 4 is 32.2 Å². The molecular formula is C35H33NO3SSe. The van der Waals surface area contributed by atoms with Crippen LogP contribution in [-0.4, -0.2) is 37.2 Å². The van der Waals surface area contributed by atoms with Gasteiger partial charge >= 0.3 is 253 Å². The SMILES string of the molecule is Cc1ccc(-c2ccc(CC(Sc3ccc(OCC(=O)O)c(C)c3)c3[se]c(-c4ccc(C)cc4)nc3C)cc2)cc1. The van der Waals surface area contributed by atoms with Gasteiger partial charge in [0.1, 0.15) is 0 Å². The Morgan fingerprint density at radius 2 is 1.41 bits per heavy atom. The average molecular weight is 627 g/mol. The number of benzene rings is 4. The fourth-order valence-electron chi connectivity index (χ4n) is 4.67. The number of nitrogens with zero attached hydrogens (tertiary/aromatic N) is 1. The van der Waals surface area contributed by atoms with Gasteiger partial charge in [-0.15, -0.1) is 0 Å². The second kappa shape index (κ2) is 12.9. The number of aryl methyl sites for hydroxylation is 4. The van der Waals surface area contributed by atoms with Crippen LogP contribution in [0.1, 0.15) is 37.6 Å². The number of aromatic nitrogens is 1. The number of carbonyl (C=O) groups is 1. The molecule has 5 aromatic rings. The van der Waals surface area contributed by atoms with E-state index in [1.165, 1.54) is 42.4 Å². The number of ether oxygens (including phenoxy) is 1. The first kappa shape index (κ1) is 28.9. The second-order valence-electron chi connectivity index (χ2n) is 10.3. The Kier molecular flexibility index (Phi) is 9.14. The number of thioether (sulfide) groups is 1. The summed E-state index contributed by atoms with van der Waals surface area (Å²) in [5.41, 5.74) is 9.49. The predicted octanol–water partition coefficient (Wildman–Crippen LogP) is 8.25. The molecule has 0 aliphatic heterocycles. The van der Waals surface area contributed by atoms with Crippen molar-refractivity contribution in [1.29, 1.82) is 0 Å². The van der Waals surface area contributed by atoms with E-state index < -0.39 is 5.97 Å². The van der Waals surface area contributed by atoms with Crippen LogP contribution in [0.15, 0.2) is 95.9 Å². The first-order valence-corrected chi connectivity index (χ1v) is 16.2. The quantitative estimate of drug-likeness (QED) is 0.125. The molecular weight excluding hydrogens is 593 g/mol. The molecule has 1 N–H and O–H groups in total. The molecule has 0 saturated carbocycles. The van der Waals surface area contributed by atoms with Crippen molar-refractivity contribution in [3.63, 3.8) is 0 Å². The summed E-state index contributed by atoms with van der Waals surface area (Å²) in [7, 11) is 0. The standard InChI is InChI=1S/C35H33NO3SSe/c1-22-5-11-27(12-6-22)28-15-9-26(10-16-28)20-32(40-30-17-18-31(24(3)19-30)39-21-33(37)38)34-25(4)36-35(41-34)29-13-7-23(2)8-14-29/h5-19,32H,20-21H2,1-4H3,(H,37,38). The van der Waals surface area contributed by atoms with E-state index in [0.717, 1.165) is 22.6 Å². The predicted molar refractivity (Wildman–Crippen MR) is 169 cm³/mol. The van der Waals surface area contributed by atoms with Gasteiger partial charge in [0.05, 0.1) is 0 Å². The minimum absolute atomic E-state index is 0.123. The fraction of sp³-hybridized carbons (Fsp3) is 0.200. The van der Waals surface area contributed by atoms with Crippen LogP contribution in [0, 0.1) is 27.7 Å². The molecule has 1 atom stereocenters. The zero-order chi connectivity index (χ0) is 28.9. The third kappa shape index (κ3) is 7.39. The van der Waals surface area contributed by atoms with Crippen LogP contribution in [0.25, 0.3) is 21.3 Å². The number of aliphatic carboxylic acids is 1. The summed E-state index contributed by atoms with van der Waals surface area (Å²) in [5, 5.41) is 9.21. The maximum absolute atomic E-state index is 11.0. The summed E-state index contributed by atoms with van der Waals surface area (Å²) in [6.07, 6.45) is 0.889. The molecule has 0 radical (unpaired) electrons. The second-order valence-corrected chi connectivity index (χ2v) is 13.8. The summed E-state index contributed by atoms with van der Waals surface area (Å²) in [6.45, 7) is 7.97. The van der Waals surface area contributed by atoms with Crippen molar-refractivity contribution in [2.45, 2.75) is 44.3 Å². The number of hydrogen-bond donors (Lipinski definition) is 1. The Balaban J connectivity index is 1.44. The Hall–Kier alpha value is -3.57. The van der Waals surface area contributed by atoms with E-state index in [4.69, 9.17) is 14.8 Å². The van der Waals surface area contributed by atoms with E-state index in [-0.39, 0.29) is 26.4 Å². The first-order chi connectivity index (χ1) is 19.7. The van der Waals surface area contributed by atoms with E-state index in [0.29, 0.717) is 5.75 Å². The van der Waals surface area contributed by atoms with Gasteiger partial charge in [-0.3, -0.25) is 0 Å². The van der Waals surface area contributed by atoms with Crippen LogP contribution in [0.2, 0.25) is 0 Å². The van der Waals surface area contributed by atoms with Crippen LogP contribution in [-0.2, 0) is 11.2 Å². The number of hydrogen-bond acceptors (Lipinski definition) is 4. The van der Waals surface area contributed by atoms with Gasteiger partial charge in [-0.1, -0.05) is 0 Å². The molecule has 0 aliphatic carbocycles. The van der Waals surface area contributed by atoms with Crippen molar-refractivity contribution in [2.75, 3.05) is 6.61 Å². The molecule has 4 nitrogen and oxygen atoms in total. The van der Waals surface area contributed by atoms with Crippen LogP contribution in [0.4, 0.5) is 0 Å². The van der Waals surface area contributed by atoms with Gasteiger partial charge in [0.2, 0.25) is 0 Å². The minimum atomic E-state index is -0.980. The first-order valence-electron chi connectivity index (χ1n) is 13.6. The maximum atomic E-state index is 11.0. The molecule has 0 bridgehead atoms. The Labute approximate surface area is 252 Å². The molecule has 1 unspecified atom stereocenters. The number of carboxylic acids is 1. The molecule has 0 aliphatic rings. The monoisotopic (exact) mass is 627 g/mol. The van der Waals surface area contributed by atoms with Crippen molar-refractivity contribution in [1.82, 2.24) is 4.98 Å².